The van der Waals surface area contributed by atoms with Gasteiger partial charge in [-0.15, -0.1) is 0 Å². The Morgan fingerprint density at radius 2 is 1.46 bits per heavy atom. The molecule has 144 valence electrons. The summed E-state index contributed by atoms with van der Waals surface area (Å²) in [5.74, 6) is 0.814. The molecule has 1 aromatic heterocycles. The molecule has 0 spiro atoms. The van der Waals surface area contributed by atoms with E-state index < -0.39 is 0 Å². The number of benzene rings is 2. The van der Waals surface area contributed by atoms with Crippen LogP contribution < -0.4 is 4.90 Å². The van der Waals surface area contributed by atoms with Crippen molar-refractivity contribution in [2.24, 2.45) is 0 Å². The first-order valence-electron chi connectivity index (χ1n) is 9.60. The van der Waals surface area contributed by atoms with Crippen molar-refractivity contribution in [2.75, 3.05) is 11.9 Å². The molecule has 0 saturated carbocycles. The van der Waals surface area contributed by atoms with Gasteiger partial charge in [0.25, 0.3) is 5.91 Å². The minimum absolute atomic E-state index is 0.00378. The molecule has 0 atom stereocenters. The fourth-order valence-corrected chi connectivity index (χ4v) is 3.17. The number of carbonyl (C=O) groups excluding carboxylic acids is 1. The molecule has 0 bridgehead atoms. The van der Waals surface area contributed by atoms with E-state index in [-0.39, 0.29) is 11.9 Å². The van der Waals surface area contributed by atoms with Crippen LogP contribution in [0.25, 0.3) is 0 Å². The van der Waals surface area contributed by atoms with Crippen LogP contribution in [0.2, 0.25) is 0 Å². The molecule has 3 rings (SSSR count). The van der Waals surface area contributed by atoms with E-state index in [1.165, 1.54) is 5.56 Å². The topological polar surface area (TPSA) is 36.4 Å². The molecule has 0 aliphatic carbocycles. The summed E-state index contributed by atoms with van der Waals surface area (Å²) in [7, 11) is 1.83. The Morgan fingerprint density at radius 1 is 0.893 bits per heavy atom. The number of carbonyl (C=O) groups is 1. The van der Waals surface area contributed by atoms with Crippen LogP contribution in [0, 0.1) is 0 Å². The molecule has 0 fully saturated rings. The molecule has 2 aromatic carbocycles. The number of amides is 1. The molecule has 4 heteroatoms. The van der Waals surface area contributed by atoms with Crippen molar-refractivity contribution in [1.29, 1.82) is 0 Å². The molecule has 0 aliphatic heterocycles. The van der Waals surface area contributed by atoms with Gasteiger partial charge in [0.2, 0.25) is 0 Å². The maximum Gasteiger partial charge on any atom is 0.254 e. The van der Waals surface area contributed by atoms with Crippen LogP contribution in [0.3, 0.4) is 0 Å². The molecule has 1 amide bonds. The van der Waals surface area contributed by atoms with Gasteiger partial charge in [0.1, 0.15) is 5.82 Å². The number of anilines is 1. The van der Waals surface area contributed by atoms with E-state index >= 15 is 0 Å². The quantitative estimate of drug-likeness (QED) is 0.599. The largest absolute Gasteiger partial charge is 0.350 e. The predicted octanol–water partition coefficient (Wildman–Crippen LogP) is 4.77. The monoisotopic (exact) mass is 373 g/mol. The van der Waals surface area contributed by atoms with E-state index in [4.69, 9.17) is 0 Å². The van der Waals surface area contributed by atoms with Gasteiger partial charge >= 0.3 is 0 Å². The fraction of sp³-hybridized carbons (Fsp3) is 0.250. The van der Waals surface area contributed by atoms with Crippen LogP contribution >= 0.6 is 0 Å². The zero-order valence-electron chi connectivity index (χ0n) is 16.7. The lowest BCUT2D eigenvalue weighted by atomic mass is 10.1. The van der Waals surface area contributed by atoms with Crippen LogP contribution in [-0.2, 0) is 13.1 Å². The summed E-state index contributed by atoms with van der Waals surface area (Å²) in [6, 6.07) is 24.3. The number of hydrogen-bond donors (Lipinski definition) is 0. The third-order valence-electron chi connectivity index (χ3n) is 4.72. The van der Waals surface area contributed by atoms with E-state index in [1.54, 1.807) is 17.2 Å². The normalized spacial score (nSPS) is 10.7. The second-order valence-corrected chi connectivity index (χ2v) is 7.26. The third kappa shape index (κ3) is 4.97. The van der Waals surface area contributed by atoms with E-state index in [2.05, 4.69) is 35.9 Å². The van der Waals surface area contributed by atoms with Crippen molar-refractivity contribution < 1.29 is 4.79 Å². The Labute approximate surface area is 167 Å². The summed E-state index contributed by atoms with van der Waals surface area (Å²) in [4.78, 5) is 21.4. The molecule has 0 unspecified atom stereocenters. The first-order chi connectivity index (χ1) is 13.5. The average molecular weight is 374 g/mol. The lowest BCUT2D eigenvalue weighted by Gasteiger charge is -2.28. The summed E-state index contributed by atoms with van der Waals surface area (Å²) in [5.41, 5.74) is 2.98. The Hall–Kier alpha value is -3.14. The minimum atomic E-state index is -0.00378. The maximum atomic E-state index is 12.9. The van der Waals surface area contributed by atoms with Gasteiger partial charge in [-0.25, -0.2) is 4.98 Å². The Bertz CT molecular complexity index is 894. The standard InChI is InChI=1S/C24H27N3O/c1-19(2)27(18-21-12-8-5-9-13-21)23-16-22(14-15-25-23)24(28)26(3)17-20-10-6-4-7-11-20/h4-16,19H,17-18H2,1-3H3. The average Bonchev–Trinajstić information content (AvgIpc) is 2.73. The van der Waals surface area contributed by atoms with Gasteiger partial charge < -0.3 is 9.80 Å². The maximum absolute atomic E-state index is 12.9. The van der Waals surface area contributed by atoms with Gasteiger partial charge in [0.05, 0.1) is 0 Å². The van der Waals surface area contributed by atoms with Crippen LogP contribution in [0.5, 0.6) is 0 Å². The van der Waals surface area contributed by atoms with Crippen LogP contribution in [-0.4, -0.2) is 28.9 Å². The first-order valence-corrected chi connectivity index (χ1v) is 9.60. The smallest absolute Gasteiger partial charge is 0.254 e. The Balaban J connectivity index is 1.78. The summed E-state index contributed by atoms with van der Waals surface area (Å²) in [5, 5.41) is 0. The zero-order chi connectivity index (χ0) is 19.9. The van der Waals surface area contributed by atoms with Crippen LogP contribution in [0.15, 0.2) is 79.0 Å². The van der Waals surface area contributed by atoms with Crippen molar-refractivity contribution >= 4 is 11.7 Å². The highest BCUT2D eigenvalue weighted by Gasteiger charge is 2.17. The molecule has 4 nitrogen and oxygen atoms in total. The highest BCUT2D eigenvalue weighted by atomic mass is 16.2. The van der Waals surface area contributed by atoms with Crippen LogP contribution in [0.1, 0.15) is 35.3 Å². The number of pyridine rings is 1. The van der Waals surface area contributed by atoms with Gasteiger partial charge in [-0.3, -0.25) is 4.79 Å². The van der Waals surface area contributed by atoms with Crippen molar-refractivity contribution in [3.8, 4) is 0 Å². The molecular weight excluding hydrogens is 346 g/mol. The van der Waals surface area contributed by atoms with Crippen LogP contribution in [0.4, 0.5) is 5.82 Å². The summed E-state index contributed by atoms with van der Waals surface area (Å²) in [6.45, 7) is 5.61. The van der Waals surface area contributed by atoms with Gasteiger partial charge in [-0.1, -0.05) is 60.7 Å². The van der Waals surface area contributed by atoms with Crippen molar-refractivity contribution in [1.82, 2.24) is 9.88 Å². The lowest BCUT2D eigenvalue weighted by molar-refractivity contribution is 0.0785. The summed E-state index contributed by atoms with van der Waals surface area (Å²) < 4.78 is 0. The highest BCUT2D eigenvalue weighted by Crippen LogP contribution is 2.20. The third-order valence-corrected chi connectivity index (χ3v) is 4.72. The Kier molecular flexibility index (Phi) is 6.43. The number of rotatable bonds is 7. The van der Waals surface area contributed by atoms with E-state index in [1.807, 2.05) is 61.6 Å². The predicted molar refractivity (Wildman–Crippen MR) is 114 cm³/mol. The Morgan fingerprint density at radius 3 is 2.04 bits per heavy atom. The van der Waals surface area contributed by atoms with Crippen molar-refractivity contribution in [2.45, 2.75) is 33.0 Å². The van der Waals surface area contributed by atoms with Crippen molar-refractivity contribution in [3.63, 3.8) is 0 Å². The summed E-state index contributed by atoms with van der Waals surface area (Å²) >= 11 is 0. The lowest BCUT2D eigenvalue weighted by Crippen LogP contribution is -2.31. The molecule has 1 heterocycles. The number of nitrogens with zero attached hydrogens (tertiary/aromatic N) is 3. The van der Waals surface area contributed by atoms with Gasteiger partial charge in [-0.2, -0.15) is 0 Å². The SMILES string of the molecule is CC(C)N(Cc1ccccc1)c1cc(C(=O)N(C)Cc2ccccc2)ccn1. The second kappa shape index (κ2) is 9.18. The molecule has 0 saturated heterocycles. The number of hydrogen-bond acceptors (Lipinski definition) is 3. The molecular formula is C24H27N3O. The van der Waals surface area contributed by atoms with E-state index in [9.17, 15) is 4.79 Å². The molecule has 28 heavy (non-hydrogen) atoms. The van der Waals surface area contributed by atoms with E-state index in [0.29, 0.717) is 12.1 Å². The second-order valence-electron chi connectivity index (χ2n) is 7.26. The van der Waals surface area contributed by atoms with E-state index in [0.717, 1.165) is 17.9 Å². The fourth-order valence-electron chi connectivity index (χ4n) is 3.17. The van der Waals surface area contributed by atoms with Crippen molar-refractivity contribution in [3.05, 3.63) is 95.7 Å². The first kappa shape index (κ1) is 19.6. The zero-order valence-corrected chi connectivity index (χ0v) is 16.7. The van der Waals surface area contributed by atoms with Gasteiger partial charge in [-0.05, 0) is 37.1 Å². The molecule has 0 N–H and O–H groups in total. The summed E-state index contributed by atoms with van der Waals surface area (Å²) in [6.07, 6.45) is 1.72. The van der Waals surface area contributed by atoms with Gasteiger partial charge in [0, 0.05) is 37.9 Å². The minimum Gasteiger partial charge on any atom is -0.350 e. The molecule has 0 radical (unpaired) electrons. The molecule has 0 aliphatic rings. The highest BCUT2D eigenvalue weighted by molar-refractivity contribution is 5.94. The number of aromatic nitrogens is 1. The molecule has 3 aromatic rings. The van der Waals surface area contributed by atoms with Gasteiger partial charge in [0.15, 0.2) is 0 Å².